The highest BCUT2D eigenvalue weighted by molar-refractivity contribution is 5.92. The molecular weight excluding hydrogens is 280 g/mol. The minimum absolute atomic E-state index is 0.0339. The van der Waals surface area contributed by atoms with E-state index >= 15 is 0 Å². The monoisotopic (exact) mass is 294 g/mol. The van der Waals surface area contributed by atoms with Crippen LogP contribution in [0.3, 0.4) is 0 Å². The zero-order valence-corrected chi connectivity index (χ0v) is 11.7. The van der Waals surface area contributed by atoms with Crippen LogP contribution in [-0.4, -0.2) is 17.5 Å². The van der Waals surface area contributed by atoms with Crippen LogP contribution in [0.25, 0.3) is 11.3 Å². The summed E-state index contributed by atoms with van der Waals surface area (Å²) < 4.78 is 10.6. The molecule has 3 rings (SSSR count). The van der Waals surface area contributed by atoms with Crippen LogP contribution in [0, 0.1) is 0 Å². The Hall–Kier alpha value is -3.08. The molecule has 0 radical (unpaired) electrons. The van der Waals surface area contributed by atoms with Gasteiger partial charge in [0.25, 0.3) is 5.91 Å². The Labute approximate surface area is 127 Å². The predicted octanol–water partition coefficient (Wildman–Crippen LogP) is 3.36. The lowest BCUT2D eigenvalue weighted by Crippen LogP contribution is -2.20. The van der Waals surface area contributed by atoms with Crippen molar-refractivity contribution >= 4 is 11.6 Å². The number of ether oxygens (including phenoxy) is 1. The summed E-state index contributed by atoms with van der Waals surface area (Å²) in [6.07, 6.45) is 3.02. The normalized spacial score (nSPS) is 10.2. The van der Waals surface area contributed by atoms with Crippen LogP contribution in [0.15, 0.2) is 71.6 Å². The highest BCUT2D eigenvalue weighted by Gasteiger charge is 2.05. The van der Waals surface area contributed by atoms with Crippen molar-refractivity contribution in [2.75, 3.05) is 11.9 Å². The number of anilines is 1. The van der Waals surface area contributed by atoms with Crippen LogP contribution in [0.2, 0.25) is 0 Å². The van der Waals surface area contributed by atoms with Crippen LogP contribution in [0.5, 0.6) is 5.75 Å². The van der Waals surface area contributed by atoms with Gasteiger partial charge in [0.15, 0.2) is 18.8 Å². The first kappa shape index (κ1) is 13.9. The fourth-order valence-corrected chi connectivity index (χ4v) is 1.94. The molecule has 0 aliphatic heterocycles. The number of aromatic nitrogens is 1. The summed E-state index contributed by atoms with van der Waals surface area (Å²) >= 11 is 0. The minimum atomic E-state index is -0.212. The topological polar surface area (TPSA) is 64.4 Å². The first-order valence-corrected chi connectivity index (χ1v) is 6.78. The van der Waals surface area contributed by atoms with Crippen molar-refractivity contribution in [3.63, 3.8) is 0 Å². The number of benzene rings is 2. The lowest BCUT2D eigenvalue weighted by Gasteiger charge is -2.07. The SMILES string of the molecule is O=C(COc1ccccc1)Nc1ccc(-c2cnco2)cc1. The molecule has 5 heteroatoms. The number of nitrogens with one attached hydrogen (secondary N) is 1. The van der Waals surface area contributed by atoms with Gasteiger partial charge in [-0.25, -0.2) is 4.98 Å². The molecule has 0 saturated heterocycles. The fourth-order valence-electron chi connectivity index (χ4n) is 1.94. The second-order valence-corrected chi connectivity index (χ2v) is 4.59. The van der Waals surface area contributed by atoms with E-state index in [1.165, 1.54) is 6.39 Å². The van der Waals surface area contributed by atoms with E-state index in [4.69, 9.17) is 9.15 Å². The summed E-state index contributed by atoms with van der Waals surface area (Å²) in [4.78, 5) is 15.7. The largest absolute Gasteiger partial charge is 0.484 e. The molecule has 0 aliphatic carbocycles. The summed E-state index contributed by atoms with van der Waals surface area (Å²) in [7, 11) is 0. The zero-order valence-electron chi connectivity index (χ0n) is 11.7. The van der Waals surface area contributed by atoms with E-state index in [9.17, 15) is 4.79 Å². The third kappa shape index (κ3) is 3.52. The van der Waals surface area contributed by atoms with Gasteiger partial charge in [0.05, 0.1) is 6.20 Å². The van der Waals surface area contributed by atoms with Gasteiger partial charge in [-0.15, -0.1) is 0 Å². The Kier molecular flexibility index (Phi) is 4.15. The van der Waals surface area contributed by atoms with E-state index in [-0.39, 0.29) is 12.5 Å². The van der Waals surface area contributed by atoms with Crippen LogP contribution in [0.1, 0.15) is 0 Å². The van der Waals surface area contributed by atoms with Gasteiger partial charge in [0.2, 0.25) is 0 Å². The highest BCUT2D eigenvalue weighted by Crippen LogP contribution is 2.20. The highest BCUT2D eigenvalue weighted by atomic mass is 16.5. The first-order chi connectivity index (χ1) is 10.8. The maximum Gasteiger partial charge on any atom is 0.262 e. The summed E-state index contributed by atoms with van der Waals surface area (Å²) in [5.41, 5.74) is 1.60. The Morgan fingerprint density at radius 1 is 1.09 bits per heavy atom. The molecule has 0 aliphatic rings. The predicted molar refractivity (Wildman–Crippen MR) is 82.5 cm³/mol. The van der Waals surface area contributed by atoms with Crippen LogP contribution in [-0.2, 0) is 4.79 Å². The molecule has 5 nitrogen and oxygen atoms in total. The van der Waals surface area contributed by atoms with Crippen molar-refractivity contribution in [3.05, 3.63) is 67.2 Å². The number of hydrogen-bond acceptors (Lipinski definition) is 4. The summed E-state index contributed by atoms with van der Waals surface area (Å²) in [5, 5.41) is 2.77. The van der Waals surface area contributed by atoms with Gasteiger partial charge in [-0.05, 0) is 36.4 Å². The molecule has 110 valence electrons. The van der Waals surface area contributed by atoms with Gasteiger partial charge in [0, 0.05) is 11.3 Å². The van der Waals surface area contributed by atoms with E-state index in [1.807, 2.05) is 30.3 Å². The number of para-hydroxylation sites is 1. The standard InChI is InChI=1S/C17H14N2O3/c20-17(11-21-15-4-2-1-3-5-15)19-14-8-6-13(7-9-14)16-10-18-12-22-16/h1-10,12H,11H2,(H,19,20). The molecule has 0 atom stereocenters. The van der Waals surface area contributed by atoms with Gasteiger partial charge < -0.3 is 14.5 Å². The lowest BCUT2D eigenvalue weighted by molar-refractivity contribution is -0.118. The Bertz CT molecular complexity index is 722. The van der Waals surface area contributed by atoms with Gasteiger partial charge in [-0.3, -0.25) is 4.79 Å². The third-order valence-electron chi connectivity index (χ3n) is 3.00. The number of hydrogen-bond donors (Lipinski definition) is 1. The number of oxazole rings is 1. The number of rotatable bonds is 5. The molecular formula is C17H14N2O3. The van der Waals surface area contributed by atoms with E-state index < -0.39 is 0 Å². The zero-order chi connectivity index (χ0) is 15.2. The number of carbonyl (C=O) groups excluding carboxylic acids is 1. The maximum absolute atomic E-state index is 11.8. The Balaban J connectivity index is 1.55. The number of carbonyl (C=O) groups is 1. The quantitative estimate of drug-likeness (QED) is 0.783. The van der Waals surface area contributed by atoms with Crippen molar-refractivity contribution in [1.29, 1.82) is 0 Å². The van der Waals surface area contributed by atoms with Crippen molar-refractivity contribution in [1.82, 2.24) is 4.98 Å². The van der Waals surface area contributed by atoms with Crippen LogP contribution < -0.4 is 10.1 Å². The lowest BCUT2D eigenvalue weighted by atomic mass is 10.2. The van der Waals surface area contributed by atoms with Gasteiger partial charge in [0.1, 0.15) is 5.75 Å². The first-order valence-electron chi connectivity index (χ1n) is 6.78. The molecule has 1 amide bonds. The van der Waals surface area contributed by atoms with E-state index in [0.717, 1.165) is 5.56 Å². The average molecular weight is 294 g/mol. The fraction of sp³-hybridized carbons (Fsp3) is 0.0588. The van der Waals surface area contributed by atoms with Crippen molar-refractivity contribution in [2.24, 2.45) is 0 Å². The smallest absolute Gasteiger partial charge is 0.262 e. The summed E-state index contributed by atoms with van der Waals surface area (Å²) in [5.74, 6) is 1.14. The van der Waals surface area contributed by atoms with Gasteiger partial charge in [-0.1, -0.05) is 18.2 Å². The van der Waals surface area contributed by atoms with Crippen molar-refractivity contribution < 1.29 is 13.9 Å². The molecule has 0 spiro atoms. The van der Waals surface area contributed by atoms with Crippen LogP contribution >= 0.6 is 0 Å². The summed E-state index contributed by atoms with van der Waals surface area (Å²) in [6, 6.07) is 16.5. The second kappa shape index (κ2) is 6.58. The van der Waals surface area contributed by atoms with E-state index in [0.29, 0.717) is 17.2 Å². The third-order valence-corrected chi connectivity index (χ3v) is 3.00. The molecule has 0 fully saturated rings. The molecule has 1 N–H and O–H groups in total. The molecule has 1 aromatic heterocycles. The Morgan fingerprint density at radius 3 is 2.55 bits per heavy atom. The molecule has 1 heterocycles. The van der Waals surface area contributed by atoms with E-state index in [2.05, 4.69) is 10.3 Å². The van der Waals surface area contributed by atoms with Crippen molar-refractivity contribution in [2.45, 2.75) is 0 Å². The number of amides is 1. The van der Waals surface area contributed by atoms with Crippen molar-refractivity contribution in [3.8, 4) is 17.1 Å². The maximum atomic E-state index is 11.8. The molecule has 2 aromatic carbocycles. The van der Waals surface area contributed by atoms with E-state index in [1.54, 1.807) is 30.5 Å². The summed E-state index contributed by atoms with van der Waals surface area (Å²) in [6.45, 7) is -0.0339. The van der Waals surface area contributed by atoms with Crippen LogP contribution in [0.4, 0.5) is 5.69 Å². The molecule has 3 aromatic rings. The molecule has 22 heavy (non-hydrogen) atoms. The molecule has 0 bridgehead atoms. The number of nitrogens with zero attached hydrogens (tertiary/aromatic N) is 1. The second-order valence-electron chi connectivity index (χ2n) is 4.59. The van der Waals surface area contributed by atoms with Gasteiger partial charge in [-0.2, -0.15) is 0 Å². The molecule has 0 saturated carbocycles. The molecule has 0 unspecified atom stereocenters. The average Bonchev–Trinajstić information content (AvgIpc) is 3.09. The van der Waals surface area contributed by atoms with Gasteiger partial charge >= 0.3 is 0 Å². The minimum Gasteiger partial charge on any atom is -0.484 e. The Morgan fingerprint density at radius 2 is 1.86 bits per heavy atom.